The summed E-state index contributed by atoms with van der Waals surface area (Å²) in [5.41, 5.74) is 2.13. The lowest BCUT2D eigenvalue weighted by Gasteiger charge is -2.24. The summed E-state index contributed by atoms with van der Waals surface area (Å²) in [7, 11) is 0. The van der Waals surface area contributed by atoms with Crippen LogP contribution in [0.1, 0.15) is 18.0 Å². The second kappa shape index (κ2) is 4.97. The van der Waals surface area contributed by atoms with Crippen LogP contribution in [0.2, 0.25) is 0 Å². The van der Waals surface area contributed by atoms with E-state index >= 15 is 0 Å². The third-order valence-electron chi connectivity index (χ3n) is 3.64. The Kier molecular flexibility index (Phi) is 2.85. The van der Waals surface area contributed by atoms with Crippen molar-refractivity contribution in [3.63, 3.8) is 0 Å². The molecule has 3 aromatic heterocycles. The first-order chi connectivity index (χ1) is 10.4. The summed E-state index contributed by atoms with van der Waals surface area (Å²) in [5, 5.41) is 7.97. The minimum atomic E-state index is 0.196. The molecule has 104 valence electrons. The van der Waals surface area contributed by atoms with Crippen LogP contribution >= 0.6 is 0 Å². The molecule has 3 aromatic rings. The minimum absolute atomic E-state index is 0.196. The molecule has 6 heteroatoms. The zero-order chi connectivity index (χ0) is 14.1. The van der Waals surface area contributed by atoms with Crippen LogP contribution in [0.4, 0.5) is 5.95 Å². The Morgan fingerprint density at radius 3 is 2.81 bits per heavy atom. The van der Waals surface area contributed by atoms with E-state index in [1.54, 1.807) is 12.4 Å². The van der Waals surface area contributed by atoms with Gasteiger partial charge in [-0.05, 0) is 36.2 Å². The number of hydrogen-bond acceptors (Lipinski definition) is 5. The van der Waals surface area contributed by atoms with E-state index in [1.165, 1.54) is 5.56 Å². The number of aromatic nitrogens is 5. The average molecular weight is 278 g/mol. The van der Waals surface area contributed by atoms with Crippen LogP contribution in [0.25, 0.3) is 11.4 Å². The fraction of sp³-hybridized carbons (Fsp3) is 0.200. The first-order valence-electron chi connectivity index (χ1n) is 6.92. The molecule has 1 N–H and O–H groups in total. The summed E-state index contributed by atoms with van der Waals surface area (Å²) in [4.78, 5) is 12.8. The number of fused-ring (bicyclic) bond motifs is 1. The predicted octanol–water partition coefficient (Wildman–Crippen LogP) is 2.14. The van der Waals surface area contributed by atoms with E-state index in [4.69, 9.17) is 0 Å². The number of pyridine rings is 2. The molecule has 1 aliphatic heterocycles. The summed E-state index contributed by atoms with van der Waals surface area (Å²) >= 11 is 0. The van der Waals surface area contributed by atoms with Crippen LogP contribution in [-0.4, -0.2) is 31.3 Å². The molecule has 0 saturated heterocycles. The maximum absolute atomic E-state index is 4.66. The van der Waals surface area contributed by atoms with Gasteiger partial charge in [-0.1, -0.05) is 0 Å². The van der Waals surface area contributed by atoms with Crippen molar-refractivity contribution in [2.45, 2.75) is 12.5 Å². The van der Waals surface area contributed by atoms with Gasteiger partial charge in [-0.2, -0.15) is 4.98 Å². The summed E-state index contributed by atoms with van der Waals surface area (Å²) in [6.45, 7) is 0.887. The molecule has 0 saturated carbocycles. The van der Waals surface area contributed by atoms with E-state index in [0.717, 1.165) is 24.5 Å². The van der Waals surface area contributed by atoms with Crippen molar-refractivity contribution in [3.8, 4) is 11.4 Å². The number of nitrogens with one attached hydrogen (secondary N) is 1. The van der Waals surface area contributed by atoms with Gasteiger partial charge in [0.15, 0.2) is 5.82 Å². The number of hydrogen-bond donors (Lipinski definition) is 1. The number of anilines is 1. The van der Waals surface area contributed by atoms with Crippen molar-refractivity contribution in [2.75, 3.05) is 11.9 Å². The molecule has 0 bridgehead atoms. The number of rotatable bonds is 2. The van der Waals surface area contributed by atoms with Gasteiger partial charge < -0.3 is 5.32 Å². The van der Waals surface area contributed by atoms with Crippen molar-refractivity contribution in [1.82, 2.24) is 24.7 Å². The van der Waals surface area contributed by atoms with E-state index < -0.39 is 0 Å². The highest BCUT2D eigenvalue weighted by Crippen LogP contribution is 2.29. The smallest absolute Gasteiger partial charge is 0.222 e. The SMILES string of the molecule is c1cncc(-c2nc3n(n2)C(c2ccncc2)CCN3)c1. The normalized spacial score (nSPS) is 17.0. The highest BCUT2D eigenvalue weighted by molar-refractivity contribution is 5.55. The number of nitrogens with zero attached hydrogens (tertiary/aromatic N) is 5. The Morgan fingerprint density at radius 1 is 1.10 bits per heavy atom. The fourth-order valence-electron chi connectivity index (χ4n) is 2.61. The molecule has 21 heavy (non-hydrogen) atoms. The van der Waals surface area contributed by atoms with Crippen molar-refractivity contribution >= 4 is 5.95 Å². The maximum Gasteiger partial charge on any atom is 0.222 e. The molecule has 0 aromatic carbocycles. The van der Waals surface area contributed by atoms with Gasteiger partial charge in [0.25, 0.3) is 0 Å². The summed E-state index contributed by atoms with van der Waals surface area (Å²) in [6, 6.07) is 8.12. The molecule has 0 spiro atoms. The van der Waals surface area contributed by atoms with Gasteiger partial charge in [-0.25, -0.2) is 4.68 Å². The van der Waals surface area contributed by atoms with E-state index in [0.29, 0.717) is 5.82 Å². The van der Waals surface area contributed by atoms with E-state index in [1.807, 2.05) is 41.3 Å². The topological polar surface area (TPSA) is 68.5 Å². The Hall–Kier alpha value is -2.76. The summed E-state index contributed by atoms with van der Waals surface area (Å²) in [5.74, 6) is 1.51. The summed E-state index contributed by atoms with van der Waals surface area (Å²) < 4.78 is 1.96. The van der Waals surface area contributed by atoms with Crippen molar-refractivity contribution in [2.24, 2.45) is 0 Å². The zero-order valence-electron chi connectivity index (χ0n) is 11.3. The van der Waals surface area contributed by atoms with E-state index in [-0.39, 0.29) is 6.04 Å². The summed E-state index contributed by atoms with van der Waals surface area (Å²) in [6.07, 6.45) is 8.14. The monoisotopic (exact) mass is 278 g/mol. The third kappa shape index (κ3) is 2.14. The lowest BCUT2D eigenvalue weighted by atomic mass is 10.0. The quantitative estimate of drug-likeness (QED) is 0.777. The minimum Gasteiger partial charge on any atom is -0.354 e. The van der Waals surface area contributed by atoms with E-state index in [9.17, 15) is 0 Å². The van der Waals surface area contributed by atoms with Gasteiger partial charge in [0.1, 0.15) is 0 Å². The molecule has 4 rings (SSSR count). The molecule has 0 amide bonds. The second-order valence-electron chi connectivity index (χ2n) is 4.96. The highest BCUT2D eigenvalue weighted by Gasteiger charge is 2.24. The molecule has 1 atom stereocenters. The lowest BCUT2D eigenvalue weighted by Crippen LogP contribution is -2.24. The average Bonchev–Trinajstić information content (AvgIpc) is 3.00. The Labute approximate surface area is 121 Å². The van der Waals surface area contributed by atoms with Crippen LogP contribution in [0.3, 0.4) is 0 Å². The van der Waals surface area contributed by atoms with Gasteiger partial charge in [0, 0.05) is 36.9 Å². The lowest BCUT2D eigenvalue weighted by molar-refractivity contribution is 0.480. The van der Waals surface area contributed by atoms with Crippen LogP contribution < -0.4 is 5.32 Å². The molecule has 6 nitrogen and oxygen atoms in total. The first kappa shape index (κ1) is 12.0. The maximum atomic E-state index is 4.66. The molecular weight excluding hydrogens is 264 g/mol. The molecule has 0 radical (unpaired) electrons. The van der Waals surface area contributed by atoms with Gasteiger partial charge in [-0.15, -0.1) is 5.10 Å². The van der Waals surface area contributed by atoms with Crippen LogP contribution in [0, 0.1) is 0 Å². The van der Waals surface area contributed by atoms with Crippen LogP contribution in [0.15, 0.2) is 49.1 Å². The van der Waals surface area contributed by atoms with Crippen LogP contribution in [-0.2, 0) is 0 Å². The largest absolute Gasteiger partial charge is 0.354 e. The fourth-order valence-corrected chi connectivity index (χ4v) is 2.61. The predicted molar refractivity (Wildman–Crippen MR) is 78.7 cm³/mol. The third-order valence-corrected chi connectivity index (χ3v) is 3.64. The molecular formula is C15H14N6. The molecule has 0 aliphatic carbocycles. The first-order valence-corrected chi connectivity index (χ1v) is 6.92. The van der Waals surface area contributed by atoms with Gasteiger partial charge in [0.2, 0.25) is 5.95 Å². The van der Waals surface area contributed by atoms with Gasteiger partial charge in [-0.3, -0.25) is 9.97 Å². The molecule has 1 unspecified atom stereocenters. The van der Waals surface area contributed by atoms with Crippen LogP contribution in [0.5, 0.6) is 0 Å². The van der Waals surface area contributed by atoms with Crippen molar-refractivity contribution in [1.29, 1.82) is 0 Å². The Bertz CT molecular complexity index is 737. The second-order valence-corrected chi connectivity index (χ2v) is 4.96. The zero-order valence-corrected chi connectivity index (χ0v) is 11.3. The standard InChI is InChI=1S/C15H14N6/c1-2-12(10-17-6-1)14-19-15-18-9-5-13(21(15)20-14)11-3-7-16-8-4-11/h1-4,6-8,10,13H,5,9H2,(H,18,19,20). The Morgan fingerprint density at radius 2 is 2.00 bits per heavy atom. The molecule has 0 fully saturated rings. The van der Waals surface area contributed by atoms with Crippen molar-refractivity contribution < 1.29 is 0 Å². The van der Waals surface area contributed by atoms with Gasteiger partial charge in [0.05, 0.1) is 6.04 Å². The molecule has 1 aliphatic rings. The van der Waals surface area contributed by atoms with Gasteiger partial charge >= 0.3 is 0 Å². The van der Waals surface area contributed by atoms with E-state index in [2.05, 4.69) is 25.4 Å². The highest BCUT2D eigenvalue weighted by atomic mass is 15.4. The Balaban J connectivity index is 1.77. The van der Waals surface area contributed by atoms with Crippen molar-refractivity contribution in [3.05, 3.63) is 54.6 Å². The molecule has 4 heterocycles.